The van der Waals surface area contributed by atoms with Crippen molar-refractivity contribution >= 4 is 51.5 Å². The number of aryl methyl sites for hydroxylation is 1. The standard InChI is InChI=1S/C14H10ClIN2O3/c1-8-2-3-9(15)6-13(8)17-14(19)11-7-10(18(20)21)4-5-12(11)16/h2-7H,1H3,(H,17,19). The number of nitro groups is 1. The minimum absolute atomic E-state index is 0.122. The Morgan fingerprint density at radius 3 is 2.67 bits per heavy atom. The summed E-state index contributed by atoms with van der Waals surface area (Å²) in [7, 11) is 0. The molecule has 0 bridgehead atoms. The van der Waals surface area contributed by atoms with Gasteiger partial charge in [-0.3, -0.25) is 14.9 Å². The molecule has 7 heteroatoms. The largest absolute Gasteiger partial charge is 0.322 e. The summed E-state index contributed by atoms with van der Waals surface area (Å²) in [5.74, 6) is -0.409. The number of carbonyl (C=O) groups excluding carboxylic acids is 1. The van der Waals surface area contributed by atoms with Gasteiger partial charge in [-0.05, 0) is 53.3 Å². The molecule has 1 N–H and O–H groups in total. The number of nitrogens with one attached hydrogen (secondary N) is 1. The van der Waals surface area contributed by atoms with E-state index in [1.54, 1.807) is 24.3 Å². The highest BCUT2D eigenvalue weighted by atomic mass is 127. The van der Waals surface area contributed by atoms with Crippen molar-refractivity contribution in [3.8, 4) is 0 Å². The second kappa shape index (κ2) is 6.40. The van der Waals surface area contributed by atoms with Gasteiger partial charge in [-0.1, -0.05) is 17.7 Å². The van der Waals surface area contributed by atoms with Gasteiger partial charge in [-0.2, -0.15) is 0 Å². The van der Waals surface area contributed by atoms with Crippen LogP contribution in [0.5, 0.6) is 0 Å². The van der Waals surface area contributed by atoms with Crippen LogP contribution in [-0.2, 0) is 0 Å². The van der Waals surface area contributed by atoms with Gasteiger partial charge in [-0.25, -0.2) is 0 Å². The molecular formula is C14H10ClIN2O3. The molecule has 108 valence electrons. The van der Waals surface area contributed by atoms with Gasteiger partial charge >= 0.3 is 0 Å². The molecule has 5 nitrogen and oxygen atoms in total. The predicted molar refractivity (Wildman–Crippen MR) is 90.0 cm³/mol. The van der Waals surface area contributed by atoms with Crippen LogP contribution in [0.25, 0.3) is 0 Å². The first-order valence-corrected chi connectivity index (χ1v) is 7.35. The first-order chi connectivity index (χ1) is 9.88. The molecule has 0 radical (unpaired) electrons. The van der Waals surface area contributed by atoms with Crippen molar-refractivity contribution in [1.29, 1.82) is 0 Å². The molecule has 2 aromatic rings. The third kappa shape index (κ3) is 3.70. The van der Waals surface area contributed by atoms with Crippen molar-refractivity contribution in [2.45, 2.75) is 6.92 Å². The number of anilines is 1. The number of nitrogens with zero attached hydrogens (tertiary/aromatic N) is 1. The van der Waals surface area contributed by atoms with Gasteiger partial charge in [-0.15, -0.1) is 0 Å². The van der Waals surface area contributed by atoms with E-state index in [1.807, 2.05) is 29.5 Å². The summed E-state index contributed by atoms with van der Waals surface area (Å²) < 4.78 is 0.635. The van der Waals surface area contributed by atoms with Gasteiger partial charge in [0.25, 0.3) is 11.6 Å². The van der Waals surface area contributed by atoms with Crippen LogP contribution in [0.2, 0.25) is 5.02 Å². The van der Waals surface area contributed by atoms with E-state index in [1.165, 1.54) is 12.1 Å². The van der Waals surface area contributed by atoms with E-state index in [4.69, 9.17) is 11.6 Å². The van der Waals surface area contributed by atoms with Crippen LogP contribution in [0.15, 0.2) is 36.4 Å². The molecule has 0 aliphatic carbocycles. The Balaban J connectivity index is 2.34. The lowest BCUT2D eigenvalue weighted by molar-refractivity contribution is -0.384. The summed E-state index contributed by atoms with van der Waals surface area (Å²) in [4.78, 5) is 22.6. The van der Waals surface area contributed by atoms with E-state index in [9.17, 15) is 14.9 Å². The molecule has 0 spiro atoms. The fourth-order valence-electron chi connectivity index (χ4n) is 1.72. The molecule has 2 rings (SSSR count). The number of non-ortho nitro benzene ring substituents is 1. The zero-order chi connectivity index (χ0) is 15.6. The van der Waals surface area contributed by atoms with Crippen molar-refractivity contribution < 1.29 is 9.72 Å². The molecule has 0 atom stereocenters. The quantitative estimate of drug-likeness (QED) is 0.457. The van der Waals surface area contributed by atoms with Gasteiger partial charge in [0.15, 0.2) is 0 Å². The maximum absolute atomic E-state index is 12.3. The smallest absolute Gasteiger partial charge is 0.270 e. The maximum Gasteiger partial charge on any atom is 0.270 e. The molecule has 0 heterocycles. The minimum atomic E-state index is -0.530. The first-order valence-electron chi connectivity index (χ1n) is 5.90. The highest BCUT2D eigenvalue weighted by molar-refractivity contribution is 14.1. The summed E-state index contributed by atoms with van der Waals surface area (Å²) in [5.41, 5.74) is 1.57. The van der Waals surface area contributed by atoms with Crippen LogP contribution in [0.1, 0.15) is 15.9 Å². The molecule has 0 saturated carbocycles. The fraction of sp³-hybridized carbons (Fsp3) is 0.0714. The van der Waals surface area contributed by atoms with E-state index in [0.717, 1.165) is 5.56 Å². The summed E-state index contributed by atoms with van der Waals surface area (Å²) in [6, 6.07) is 9.32. The second-order valence-corrected chi connectivity index (χ2v) is 5.93. The van der Waals surface area contributed by atoms with Crippen LogP contribution < -0.4 is 5.32 Å². The van der Waals surface area contributed by atoms with Crippen molar-refractivity contribution in [3.63, 3.8) is 0 Å². The Morgan fingerprint density at radius 2 is 2.00 bits per heavy atom. The highest BCUT2D eigenvalue weighted by Gasteiger charge is 2.16. The van der Waals surface area contributed by atoms with Gasteiger partial charge in [0.1, 0.15) is 0 Å². The van der Waals surface area contributed by atoms with Crippen LogP contribution in [0.3, 0.4) is 0 Å². The van der Waals surface area contributed by atoms with Gasteiger partial charge in [0, 0.05) is 26.4 Å². The Hall–Kier alpha value is -1.67. The lowest BCUT2D eigenvalue weighted by Crippen LogP contribution is -2.14. The fourth-order valence-corrected chi connectivity index (χ4v) is 2.47. The zero-order valence-electron chi connectivity index (χ0n) is 10.9. The Morgan fingerprint density at radius 1 is 1.29 bits per heavy atom. The zero-order valence-corrected chi connectivity index (χ0v) is 13.8. The topological polar surface area (TPSA) is 72.2 Å². The number of hydrogen-bond donors (Lipinski definition) is 1. The van der Waals surface area contributed by atoms with E-state index in [2.05, 4.69) is 5.32 Å². The van der Waals surface area contributed by atoms with E-state index in [-0.39, 0.29) is 11.3 Å². The van der Waals surface area contributed by atoms with Crippen molar-refractivity contribution in [2.24, 2.45) is 0 Å². The average Bonchev–Trinajstić information content (AvgIpc) is 2.43. The summed E-state index contributed by atoms with van der Waals surface area (Å²) in [5, 5.41) is 14.0. The number of nitro benzene ring substituents is 1. The van der Waals surface area contributed by atoms with Gasteiger partial charge < -0.3 is 5.32 Å². The lowest BCUT2D eigenvalue weighted by atomic mass is 10.1. The van der Waals surface area contributed by atoms with Gasteiger partial charge in [0.05, 0.1) is 10.5 Å². The van der Waals surface area contributed by atoms with Crippen molar-refractivity contribution in [1.82, 2.24) is 0 Å². The van der Waals surface area contributed by atoms with Crippen molar-refractivity contribution in [3.05, 3.63) is 66.2 Å². The summed E-state index contributed by atoms with van der Waals surface area (Å²) in [6.07, 6.45) is 0. The SMILES string of the molecule is Cc1ccc(Cl)cc1NC(=O)c1cc([N+](=O)[O-])ccc1I. The first kappa shape index (κ1) is 15.7. The molecule has 1 amide bonds. The minimum Gasteiger partial charge on any atom is -0.322 e. The highest BCUT2D eigenvalue weighted by Crippen LogP contribution is 2.24. The number of rotatable bonds is 3. The molecule has 0 aromatic heterocycles. The number of benzene rings is 2. The van der Waals surface area contributed by atoms with Crippen LogP contribution in [0, 0.1) is 20.6 Å². The molecule has 21 heavy (non-hydrogen) atoms. The Bertz CT molecular complexity index is 734. The van der Waals surface area contributed by atoms with Crippen molar-refractivity contribution in [2.75, 3.05) is 5.32 Å². The monoisotopic (exact) mass is 416 g/mol. The predicted octanol–water partition coefficient (Wildman–Crippen LogP) is 4.41. The molecule has 0 aliphatic heterocycles. The Labute approximate surface area is 139 Å². The molecule has 2 aromatic carbocycles. The van der Waals surface area contributed by atoms with Crippen LogP contribution in [0.4, 0.5) is 11.4 Å². The third-order valence-corrected chi connectivity index (χ3v) is 4.03. The Kier molecular flexibility index (Phi) is 4.79. The summed E-state index contributed by atoms with van der Waals surface area (Å²) >= 11 is 7.87. The molecule has 0 unspecified atom stereocenters. The molecule has 0 aliphatic rings. The lowest BCUT2D eigenvalue weighted by Gasteiger charge is -2.10. The summed E-state index contributed by atoms with van der Waals surface area (Å²) in [6.45, 7) is 1.84. The molecule has 0 saturated heterocycles. The van der Waals surface area contributed by atoms with Crippen LogP contribution in [-0.4, -0.2) is 10.8 Å². The van der Waals surface area contributed by atoms with E-state index in [0.29, 0.717) is 14.3 Å². The number of amides is 1. The number of carbonyl (C=O) groups is 1. The maximum atomic E-state index is 12.3. The van der Waals surface area contributed by atoms with Crippen LogP contribution >= 0.6 is 34.2 Å². The number of halogens is 2. The molecular weight excluding hydrogens is 407 g/mol. The van der Waals surface area contributed by atoms with E-state index < -0.39 is 10.8 Å². The van der Waals surface area contributed by atoms with E-state index >= 15 is 0 Å². The average molecular weight is 417 g/mol. The number of hydrogen-bond acceptors (Lipinski definition) is 3. The van der Waals surface area contributed by atoms with Gasteiger partial charge in [0.2, 0.25) is 0 Å². The third-order valence-electron chi connectivity index (χ3n) is 2.85. The molecule has 0 fully saturated rings. The second-order valence-electron chi connectivity index (χ2n) is 4.33. The normalized spacial score (nSPS) is 10.2.